The van der Waals surface area contributed by atoms with E-state index in [1.165, 1.54) is 23.8 Å². The molecule has 1 heterocycles. The standard InChI is InChI=1S/C19H23NO4/c1-23-17(21)15-5-4-12-8-14(3-2-13(12)9-15)16-6-7-19(10-16)11-24-18(22)20-19/h2-3,8,15-16H,4-7,9-11H2,1H3,(H,20,22)/t15?,16-,19-/m1/s1. The highest BCUT2D eigenvalue weighted by Gasteiger charge is 2.46. The molecule has 1 saturated carbocycles. The molecule has 1 spiro atoms. The molecule has 1 unspecified atom stereocenters. The summed E-state index contributed by atoms with van der Waals surface area (Å²) in [5, 5.41) is 3.00. The van der Waals surface area contributed by atoms with Crippen LogP contribution in [0.3, 0.4) is 0 Å². The summed E-state index contributed by atoms with van der Waals surface area (Å²) >= 11 is 0. The number of rotatable bonds is 2. The maximum Gasteiger partial charge on any atom is 0.407 e. The molecule has 3 aliphatic rings. The molecule has 0 radical (unpaired) electrons. The van der Waals surface area contributed by atoms with E-state index in [-0.39, 0.29) is 23.5 Å². The lowest BCUT2D eigenvalue weighted by atomic mass is 9.81. The smallest absolute Gasteiger partial charge is 0.407 e. The minimum atomic E-state index is -0.282. The molecule has 5 heteroatoms. The van der Waals surface area contributed by atoms with Gasteiger partial charge in [0.1, 0.15) is 6.61 Å². The molecular formula is C19H23NO4. The highest BCUT2D eigenvalue weighted by atomic mass is 16.6. The van der Waals surface area contributed by atoms with Crippen LogP contribution in [0.25, 0.3) is 0 Å². The molecule has 2 fully saturated rings. The van der Waals surface area contributed by atoms with Gasteiger partial charge in [-0.2, -0.15) is 0 Å². The molecule has 1 aromatic carbocycles. The van der Waals surface area contributed by atoms with E-state index in [4.69, 9.17) is 9.47 Å². The van der Waals surface area contributed by atoms with Crippen molar-refractivity contribution in [3.63, 3.8) is 0 Å². The molecule has 0 aromatic heterocycles. The van der Waals surface area contributed by atoms with Crippen LogP contribution in [0.4, 0.5) is 4.79 Å². The van der Waals surface area contributed by atoms with Crippen molar-refractivity contribution in [3.05, 3.63) is 34.9 Å². The van der Waals surface area contributed by atoms with Crippen molar-refractivity contribution in [1.29, 1.82) is 0 Å². The quantitative estimate of drug-likeness (QED) is 0.847. The lowest BCUT2D eigenvalue weighted by Gasteiger charge is -2.24. The van der Waals surface area contributed by atoms with Crippen molar-refractivity contribution in [2.75, 3.05) is 13.7 Å². The molecule has 1 saturated heterocycles. The highest BCUT2D eigenvalue weighted by molar-refractivity contribution is 5.73. The van der Waals surface area contributed by atoms with Crippen molar-refractivity contribution >= 4 is 12.1 Å². The third kappa shape index (κ3) is 2.66. The zero-order valence-electron chi connectivity index (χ0n) is 14.0. The van der Waals surface area contributed by atoms with E-state index in [0.717, 1.165) is 38.5 Å². The van der Waals surface area contributed by atoms with Gasteiger partial charge in [-0.15, -0.1) is 0 Å². The van der Waals surface area contributed by atoms with Gasteiger partial charge >= 0.3 is 12.1 Å². The number of amides is 1. The van der Waals surface area contributed by atoms with Gasteiger partial charge in [0.2, 0.25) is 0 Å². The van der Waals surface area contributed by atoms with Crippen LogP contribution in [-0.4, -0.2) is 31.3 Å². The molecule has 5 nitrogen and oxygen atoms in total. The molecule has 1 aliphatic heterocycles. The Labute approximate surface area is 141 Å². The van der Waals surface area contributed by atoms with Gasteiger partial charge in [-0.1, -0.05) is 18.2 Å². The number of nitrogens with one attached hydrogen (secondary N) is 1. The van der Waals surface area contributed by atoms with E-state index < -0.39 is 0 Å². The van der Waals surface area contributed by atoms with Crippen molar-refractivity contribution in [2.24, 2.45) is 5.92 Å². The first kappa shape index (κ1) is 15.5. The first-order valence-corrected chi connectivity index (χ1v) is 8.73. The van der Waals surface area contributed by atoms with Crippen LogP contribution >= 0.6 is 0 Å². The predicted octanol–water partition coefficient (Wildman–Crippen LogP) is 2.71. The van der Waals surface area contributed by atoms with Crippen LogP contribution in [0.1, 0.15) is 48.3 Å². The maximum atomic E-state index is 11.8. The topological polar surface area (TPSA) is 64.6 Å². The van der Waals surface area contributed by atoms with Gasteiger partial charge in [0, 0.05) is 0 Å². The van der Waals surface area contributed by atoms with Crippen molar-refractivity contribution in [2.45, 2.75) is 50.0 Å². The molecule has 4 rings (SSSR count). The third-order valence-electron chi connectivity index (χ3n) is 5.92. The largest absolute Gasteiger partial charge is 0.469 e. The summed E-state index contributed by atoms with van der Waals surface area (Å²) in [5.41, 5.74) is 3.82. The summed E-state index contributed by atoms with van der Waals surface area (Å²) in [6, 6.07) is 6.68. The Balaban J connectivity index is 1.49. The number of methoxy groups -OCH3 is 1. The lowest BCUT2D eigenvalue weighted by Crippen LogP contribution is -2.40. The van der Waals surface area contributed by atoms with Gasteiger partial charge in [-0.25, -0.2) is 4.79 Å². The molecule has 24 heavy (non-hydrogen) atoms. The van der Waals surface area contributed by atoms with Crippen LogP contribution in [0.5, 0.6) is 0 Å². The van der Waals surface area contributed by atoms with Crippen LogP contribution in [0.2, 0.25) is 0 Å². The fourth-order valence-corrected chi connectivity index (χ4v) is 4.54. The normalized spacial score (nSPS) is 31.5. The molecule has 1 N–H and O–H groups in total. The zero-order chi connectivity index (χ0) is 16.7. The van der Waals surface area contributed by atoms with Crippen LogP contribution in [-0.2, 0) is 27.1 Å². The summed E-state index contributed by atoms with van der Waals surface area (Å²) < 4.78 is 10.0. The van der Waals surface area contributed by atoms with Crippen molar-refractivity contribution in [1.82, 2.24) is 5.32 Å². The Bertz CT molecular complexity index is 686. The Morgan fingerprint density at radius 1 is 1.33 bits per heavy atom. The van der Waals surface area contributed by atoms with Crippen molar-refractivity contribution in [3.8, 4) is 0 Å². The first-order chi connectivity index (χ1) is 11.6. The van der Waals surface area contributed by atoms with Crippen LogP contribution in [0, 0.1) is 5.92 Å². The fourth-order valence-electron chi connectivity index (χ4n) is 4.54. The number of cyclic esters (lactones) is 1. The van der Waals surface area contributed by atoms with Gasteiger partial charge in [-0.3, -0.25) is 4.79 Å². The Morgan fingerprint density at radius 2 is 2.21 bits per heavy atom. The fraction of sp³-hybridized carbons (Fsp3) is 0.579. The van der Waals surface area contributed by atoms with Gasteiger partial charge < -0.3 is 14.8 Å². The molecular weight excluding hydrogens is 306 g/mol. The second kappa shape index (κ2) is 5.80. The van der Waals surface area contributed by atoms with E-state index in [1.54, 1.807) is 0 Å². The third-order valence-corrected chi connectivity index (χ3v) is 5.92. The molecule has 3 atom stereocenters. The van der Waals surface area contributed by atoms with E-state index in [1.807, 2.05) is 0 Å². The lowest BCUT2D eigenvalue weighted by molar-refractivity contribution is -0.145. The number of benzene rings is 1. The molecule has 2 aliphatic carbocycles. The maximum absolute atomic E-state index is 11.8. The van der Waals surface area contributed by atoms with Gasteiger partial charge in [0.15, 0.2) is 0 Å². The second-order valence-electron chi connectivity index (χ2n) is 7.41. The van der Waals surface area contributed by atoms with Crippen molar-refractivity contribution < 1.29 is 19.1 Å². The number of hydrogen-bond donors (Lipinski definition) is 1. The number of carbonyl (C=O) groups excluding carboxylic acids is 2. The summed E-state index contributed by atoms with van der Waals surface area (Å²) in [6.45, 7) is 0.494. The number of fused-ring (bicyclic) bond motifs is 1. The summed E-state index contributed by atoms with van der Waals surface area (Å²) in [7, 11) is 1.46. The minimum Gasteiger partial charge on any atom is -0.469 e. The van der Waals surface area contributed by atoms with E-state index in [9.17, 15) is 9.59 Å². The summed E-state index contributed by atoms with van der Waals surface area (Å²) in [5.74, 6) is 0.365. The highest BCUT2D eigenvalue weighted by Crippen LogP contribution is 2.43. The first-order valence-electron chi connectivity index (χ1n) is 8.73. The zero-order valence-corrected chi connectivity index (χ0v) is 14.0. The molecule has 128 valence electrons. The van der Waals surface area contributed by atoms with E-state index >= 15 is 0 Å². The molecule has 1 amide bonds. The number of esters is 1. The average molecular weight is 329 g/mol. The van der Waals surface area contributed by atoms with Gasteiger partial charge in [0.25, 0.3) is 0 Å². The number of ether oxygens (including phenoxy) is 2. The predicted molar refractivity (Wildman–Crippen MR) is 87.8 cm³/mol. The summed E-state index contributed by atoms with van der Waals surface area (Å²) in [4.78, 5) is 23.1. The monoisotopic (exact) mass is 329 g/mol. The average Bonchev–Trinajstić information content (AvgIpc) is 3.19. The number of hydrogen-bond acceptors (Lipinski definition) is 4. The minimum absolute atomic E-state index is 0.00560. The summed E-state index contributed by atoms with van der Waals surface area (Å²) in [6.07, 6.45) is 5.29. The second-order valence-corrected chi connectivity index (χ2v) is 7.41. The Kier molecular flexibility index (Phi) is 3.74. The van der Waals surface area contributed by atoms with E-state index in [2.05, 4.69) is 23.5 Å². The Morgan fingerprint density at radius 3 is 2.96 bits per heavy atom. The van der Waals surface area contributed by atoms with Gasteiger partial charge in [0.05, 0.1) is 18.6 Å². The Hall–Kier alpha value is -2.04. The number of carbonyl (C=O) groups is 2. The molecule has 0 bridgehead atoms. The van der Waals surface area contributed by atoms with Crippen LogP contribution in [0.15, 0.2) is 18.2 Å². The molecule has 1 aromatic rings. The van der Waals surface area contributed by atoms with Gasteiger partial charge in [-0.05, 0) is 61.1 Å². The number of aryl methyl sites for hydroxylation is 1. The van der Waals surface area contributed by atoms with Crippen LogP contribution < -0.4 is 5.32 Å². The van der Waals surface area contributed by atoms with E-state index in [0.29, 0.717) is 12.5 Å². The SMILES string of the molecule is COC(=O)C1CCc2cc([C@@H]3CC[C@]4(COC(=O)N4)C3)ccc2C1. The number of alkyl carbamates (subject to hydrolysis) is 1.